The summed E-state index contributed by atoms with van der Waals surface area (Å²) in [4.78, 5) is 0. The van der Waals surface area contributed by atoms with E-state index in [9.17, 15) is 17.4 Å². The number of aliphatic hydroxyl groups excluding tert-OH is 1. The zero-order valence-electron chi connectivity index (χ0n) is 12.1. The molecule has 1 aromatic heterocycles. The summed E-state index contributed by atoms with van der Waals surface area (Å²) in [5.74, 6) is 0. The van der Waals surface area contributed by atoms with Gasteiger partial charge in [0.15, 0.2) is 0 Å². The third kappa shape index (κ3) is 4.36. The molecule has 1 heterocycles. The molecule has 0 aliphatic rings. The molecule has 1 atom stereocenters. The van der Waals surface area contributed by atoms with E-state index in [4.69, 9.17) is 0 Å². The molecular weight excluding hydrogens is 309 g/mol. The Morgan fingerprint density at radius 1 is 1.36 bits per heavy atom. The van der Waals surface area contributed by atoms with Gasteiger partial charge < -0.3 is 5.11 Å². The Hall–Kier alpha value is -1.77. The van der Waals surface area contributed by atoms with Gasteiger partial charge in [0, 0.05) is 31.4 Å². The molecule has 0 fully saturated rings. The Morgan fingerprint density at radius 3 is 2.59 bits per heavy atom. The number of hydrogen-bond acceptors (Lipinski definition) is 4. The first-order valence-corrected chi connectivity index (χ1v) is 8.18. The molecule has 0 saturated carbocycles. The van der Waals surface area contributed by atoms with Crippen LogP contribution in [0.3, 0.4) is 0 Å². The molecule has 0 bridgehead atoms. The van der Waals surface area contributed by atoms with Crippen LogP contribution in [0.15, 0.2) is 42.7 Å². The Kier molecular flexibility index (Phi) is 5.28. The summed E-state index contributed by atoms with van der Waals surface area (Å²) >= 11 is 0. The van der Waals surface area contributed by atoms with Gasteiger partial charge in [0.1, 0.15) is 0 Å². The molecule has 2 rings (SSSR count). The van der Waals surface area contributed by atoms with Gasteiger partial charge in [0.05, 0.1) is 12.3 Å². The minimum absolute atomic E-state index is 0.140. The first-order valence-electron chi connectivity index (χ1n) is 6.84. The second kappa shape index (κ2) is 6.99. The summed E-state index contributed by atoms with van der Waals surface area (Å²) in [6.07, 6.45) is 1.91. The Balaban J connectivity index is 2.13. The number of nitrogens with zero attached hydrogens (tertiary/aromatic N) is 3. The molecule has 6 nitrogen and oxygen atoms in total. The molecule has 0 saturated heterocycles. The van der Waals surface area contributed by atoms with Gasteiger partial charge in [-0.2, -0.15) is 17.8 Å². The fraction of sp³-hybridized carbons (Fsp3) is 0.357. The zero-order chi connectivity index (χ0) is 16.2. The van der Waals surface area contributed by atoms with E-state index in [-0.39, 0.29) is 13.1 Å². The summed E-state index contributed by atoms with van der Waals surface area (Å²) in [5.41, 5.74) is 1.09. The predicted octanol–water partition coefficient (Wildman–Crippen LogP) is 1.65. The number of aliphatic hydroxyl groups is 1. The molecule has 8 heteroatoms. The van der Waals surface area contributed by atoms with Crippen molar-refractivity contribution in [2.24, 2.45) is 0 Å². The number of halogens is 1. The minimum Gasteiger partial charge on any atom is -0.387 e. The summed E-state index contributed by atoms with van der Waals surface area (Å²) in [6.45, 7) is 2.00. The summed E-state index contributed by atoms with van der Waals surface area (Å²) < 4.78 is 38.2. The first-order chi connectivity index (χ1) is 10.4. The standard InChI is InChI=1S/C14H18FN3O3S/c1-2-17-10-13(8-16-17)14(19)11-18(22(15,20)21)9-12-6-4-3-5-7-12/h3-8,10,14,19H,2,9,11H2,1H3. The van der Waals surface area contributed by atoms with Gasteiger partial charge in [-0.05, 0) is 12.5 Å². The maximum absolute atomic E-state index is 13.5. The average Bonchev–Trinajstić information content (AvgIpc) is 2.95. The number of aryl methyl sites for hydroxylation is 1. The van der Waals surface area contributed by atoms with Gasteiger partial charge in [-0.1, -0.05) is 34.2 Å². The summed E-state index contributed by atoms with van der Waals surface area (Å²) in [7, 11) is -4.92. The van der Waals surface area contributed by atoms with Crippen molar-refractivity contribution in [1.82, 2.24) is 14.1 Å². The quantitative estimate of drug-likeness (QED) is 0.785. The Bertz CT molecular complexity index is 703. The van der Waals surface area contributed by atoms with Gasteiger partial charge in [-0.25, -0.2) is 0 Å². The van der Waals surface area contributed by atoms with E-state index in [0.29, 0.717) is 22.0 Å². The van der Waals surface area contributed by atoms with E-state index in [1.165, 1.54) is 6.20 Å². The molecule has 22 heavy (non-hydrogen) atoms. The van der Waals surface area contributed by atoms with Crippen LogP contribution in [0.2, 0.25) is 0 Å². The van der Waals surface area contributed by atoms with E-state index in [0.717, 1.165) is 0 Å². The van der Waals surface area contributed by atoms with Crippen molar-refractivity contribution in [2.45, 2.75) is 26.1 Å². The number of hydrogen-bond donors (Lipinski definition) is 1. The second-order valence-corrected chi connectivity index (χ2v) is 6.21. The average molecular weight is 327 g/mol. The van der Waals surface area contributed by atoms with Crippen molar-refractivity contribution in [1.29, 1.82) is 0 Å². The van der Waals surface area contributed by atoms with Crippen molar-refractivity contribution in [3.05, 3.63) is 53.9 Å². The normalized spacial score (nSPS) is 13.5. The Morgan fingerprint density at radius 2 is 2.05 bits per heavy atom. The van der Waals surface area contributed by atoms with Gasteiger partial charge in [-0.15, -0.1) is 0 Å². The lowest BCUT2D eigenvalue weighted by Gasteiger charge is -2.20. The first kappa shape index (κ1) is 16.6. The molecule has 1 unspecified atom stereocenters. The van der Waals surface area contributed by atoms with Crippen LogP contribution in [0.25, 0.3) is 0 Å². The van der Waals surface area contributed by atoms with Crippen molar-refractivity contribution in [3.63, 3.8) is 0 Å². The molecule has 1 aromatic carbocycles. The van der Waals surface area contributed by atoms with E-state index in [2.05, 4.69) is 5.10 Å². The Labute approximate surface area is 129 Å². The highest BCUT2D eigenvalue weighted by atomic mass is 32.3. The third-order valence-electron chi connectivity index (χ3n) is 3.25. The van der Waals surface area contributed by atoms with E-state index in [1.807, 2.05) is 6.92 Å². The number of benzene rings is 1. The van der Waals surface area contributed by atoms with Gasteiger partial charge in [-0.3, -0.25) is 4.68 Å². The monoisotopic (exact) mass is 327 g/mol. The zero-order valence-corrected chi connectivity index (χ0v) is 12.9. The van der Waals surface area contributed by atoms with Crippen molar-refractivity contribution >= 4 is 10.4 Å². The highest BCUT2D eigenvalue weighted by molar-refractivity contribution is 7.83. The van der Waals surface area contributed by atoms with Gasteiger partial charge in [0.25, 0.3) is 0 Å². The fourth-order valence-electron chi connectivity index (χ4n) is 2.04. The van der Waals surface area contributed by atoms with Crippen LogP contribution in [-0.4, -0.2) is 34.2 Å². The maximum atomic E-state index is 13.5. The molecule has 0 amide bonds. The molecule has 0 spiro atoms. The topological polar surface area (TPSA) is 75.4 Å². The predicted molar refractivity (Wildman–Crippen MR) is 79.7 cm³/mol. The van der Waals surface area contributed by atoms with Crippen LogP contribution < -0.4 is 0 Å². The largest absolute Gasteiger partial charge is 0.387 e. The molecule has 0 aliphatic heterocycles. The van der Waals surface area contributed by atoms with E-state index >= 15 is 0 Å². The van der Waals surface area contributed by atoms with Crippen molar-refractivity contribution < 1.29 is 17.4 Å². The second-order valence-electron chi connectivity index (χ2n) is 4.87. The van der Waals surface area contributed by atoms with Crippen LogP contribution >= 0.6 is 0 Å². The van der Waals surface area contributed by atoms with E-state index in [1.54, 1.807) is 41.2 Å². The summed E-state index contributed by atoms with van der Waals surface area (Å²) in [6, 6.07) is 8.64. The SMILES string of the molecule is CCn1cc(C(O)CN(Cc2ccccc2)S(=O)(=O)F)cn1. The highest BCUT2D eigenvalue weighted by Gasteiger charge is 2.25. The van der Waals surface area contributed by atoms with Crippen molar-refractivity contribution in [2.75, 3.05) is 6.54 Å². The van der Waals surface area contributed by atoms with Crippen LogP contribution in [0.4, 0.5) is 3.89 Å². The van der Waals surface area contributed by atoms with Crippen LogP contribution in [0, 0.1) is 0 Å². The van der Waals surface area contributed by atoms with Crippen molar-refractivity contribution in [3.8, 4) is 0 Å². The van der Waals surface area contributed by atoms with Gasteiger partial charge >= 0.3 is 10.4 Å². The lowest BCUT2D eigenvalue weighted by molar-refractivity contribution is 0.143. The number of rotatable bonds is 7. The molecular formula is C14H18FN3O3S. The van der Waals surface area contributed by atoms with E-state index < -0.39 is 16.5 Å². The lowest BCUT2D eigenvalue weighted by Crippen LogP contribution is -2.31. The van der Waals surface area contributed by atoms with Gasteiger partial charge in [0.2, 0.25) is 0 Å². The maximum Gasteiger partial charge on any atom is 0.375 e. The summed E-state index contributed by atoms with van der Waals surface area (Å²) in [5, 5.41) is 14.1. The number of aromatic nitrogens is 2. The lowest BCUT2D eigenvalue weighted by atomic mass is 10.2. The highest BCUT2D eigenvalue weighted by Crippen LogP contribution is 2.18. The smallest absolute Gasteiger partial charge is 0.375 e. The molecule has 2 aromatic rings. The fourth-order valence-corrected chi connectivity index (χ4v) is 2.66. The minimum atomic E-state index is -4.92. The third-order valence-corrected chi connectivity index (χ3v) is 4.14. The van der Waals surface area contributed by atoms with Crippen LogP contribution in [0.1, 0.15) is 24.2 Å². The molecule has 0 radical (unpaired) electrons. The molecule has 120 valence electrons. The van der Waals surface area contributed by atoms with Crippen LogP contribution in [-0.2, 0) is 23.5 Å². The molecule has 0 aliphatic carbocycles. The molecule has 1 N–H and O–H groups in total. The van der Waals surface area contributed by atoms with Crippen LogP contribution in [0.5, 0.6) is 0 Å².